The first kappa shape index (κ1) is 22.9. The minimum Gasteiger partial charge on any atom is -0.465 e. The molecule has 3 rings (SSSR count). The lowest BCUT2D eigenvalue weighted by Gasteiger charge is -2.39. The summed E-state index contributed by atoms with van der Waals surface area (Å²) in [6, 6.07) is 9.33. The molecule has 1 aromatic carbocycles. The second-order valence-corrected chi connectivity index (χ2v) is 8.98. The van der Waals surface area contributed by atoms with Crippen LogP contribution in [0.15, 0.2) is 34.9 Å². The van der Waals surface area contributed by atoms with E-state index in [9.17, 15) is 19.6 Å². The average molecular weight is 442 g/mol. The van der Waals surface area contributed by atoms with Crippen LogP contribution in [0.4, 0.5) is 0 Å². The first-order valence-corrected chi connectivity index (χ1v) is 11.4. The van der Waals surface area contributed by atoms with Crippen molar-refractivity contribution in [3.05, 3.63) is 46.0 Å². The summed E-state index contributed by atoms with van der Waals surface area (Å²) in [5.74, 6) is -0.872. The molecule has 0 aliphatic carbocycles. The van der Waals surface area contributed by atoms with E-state index in [0.717, 1.165) is 24.8 Å². The van der Waals surface area contributed by atoms with Gasteiger partial charge >= 0.3 is 5.97 Å². The van der Waals surface area contributed by atoms with Crippen molar-refractivity contribution in [2.45, 2.75) is 57.5 Å². The van der Waals surface area contributed by atoms with Gasteiger partial charge < -0.3 is 15.0 Å². The molecule has 1 aromatic rings. The predicted octanol–water partition coefficient (Wildman–Crippen LogP) is 3.33. The zero-order valence-corrected chi connectivity index (χ0v) is 18.8. The number of rotatable bonds is 5. The Morgan fingerprint density at radius 2 is 1.87 bits per heavy atom. The maximum atomic E-state index is 12.9. The fraction of sp³-hybridized carbons (Fsp3) is 0.478. The Morgan fingerprint density at radius 3 is 2.45 bits per heavy atom. The summed E-state index contributed by atoms with van der Waals surface area (Å²) in [6.07, 6.45) is 3.24. The monoisotopic (exact) mass is 441 g/mol. The van der Waals surface area contributed by atoms with Crippen molar-refractivity contribution >= 4 is 29.5 Å². The lowest BCUT2D eigenvalue weighted by molar-refractivity contribution is -0.134. The molecule has 0 radical (unpaired) electrons. The van der Waals surface area contributed by atoms with E-state index in [0.29, 0.717) is 16.2 Å². The molecule has 31 heavy (non-hydrogen) atoms. The molecule has 1 saturated heterocycles. The lowest BCUT2D eigenvalue weighted by atomic mass is 9.87. The fourth-order valence-electron chi connectivity index (χ4n) is 4.31. The van der Waals surface area contributed by atoms with Crippen molar-refractivity contribution in [1.82, 2.24) is 10.2 Å². The van der Waals surface area contributed by atoms with Crippen LogP contribution in [-0.2, 0) is 14.3 Å². The molecule has 7 nitrogen and oxygen atoms in total. The Kier molecular flexibility index (Phi) is 7.39. The largest absolute Gasteiger partial charge is 0.465 e. The van der Waals surface area contributed by atoms with Gasteiger partial charge in [0, 0.05) is 24.4 Å². The molecule has 0 spiro atoms. The molecule has 8 heteroatoms. The SMILES string of the molecule is COC(=O)c1ccc([C@@H]2CC(=O)NC(SCC(=O)N3[C@@H](C)CCC[C@@H]3C)=C2C#N)cc1. The number of ether oxygens (including phenoxy) is 1. The zero-order valence-electron chi connectivity index (χ0n) is 18.0. The molecule has 1 N–H and O–H groups in total. The molecule has 164 valence electrons. The number of carbonyl (C=O) groups is 3. The third-order valence-electron chi connectivity index (χ3n) is 5.91. The summed E-state index contributed by atoms with van der Waals surface area (Å²) >= 11 is 1.21. The molecule has 0 unspecified atom stereocenters. The number of benzene rings is 1. The van der Waals surface area contributed by atoms with E-state index in [1.807, 2.05) is 4.90 Å². The van der Waals surface area contributed by atoms with Gasteiger partial charge in [0.15, 0.2) is 0 Å². The van der Waals surface area contributed by atoms with Gasteiger partial charge in [0.25, 0.3) is 0 Å². The average Bonchev–Trinajstić information content (AvgIpc) is 2.76. The van der Waals surface area contributed by atoms with Crippen LogP contribution in [0.2, 0.25) is 0 Å². The molecule has 2 aliphatic rings. The van der Waals surface area contributed by atoms with Crippen LogP contribution < -0.4 is 5.32 Å². The van der Waals surface area contributed by atoms with Gasteiger partial charge in [-0.1, -0.05) is 23.9 Å². The van der Waals surface area contributed by atoms with Crippen molar-refractivity contribution in [2.75, 3.05) is 12.9 Å². The van der Waals surface area contributed by atoms with Gasteiger partial charge in [-0.05, 0) is 50.8 Å². The number of nitrogens with one attached hydrogen (secondary N) is 1. The van der Waals surface area contributed by atoms with E-state index in [2.05, 4.69) is 25.2 Å². The minimum absolute atomic E-state index is 0.0216. The third-order valence-corrected chi connectivity index (χ3v) is 6.91. The summed E-state index contributed by atoms with van der Waals surface area (Å²) in [5, 5.41) is 13.0. The standard InChI is InChI=1S/C23H27N3O4S/c1-14-5-4-6-15(2)26(14)21(28)13-31-22-19(12-24)18(11-20(27)25-22)16-7-9-17(10-8-16)23(29)30-3/h7-10,14-15,18H,4-6,11,13H2,1-3H3,(H,25,27)/t14-,15-,18-/m0/s1. The summed E-state index contributed by atoms with van der Waals surface area (Å²) in [4.78, 5) is 38.8. The molecular formula is C23H27N3O4S. The van der Waals surface area contributed by atoms with Crippen molar-refractivity contribution in [3.63, 3.8) is 0 Å². The number of carbonyl (C=O) groups excluding carboxylic acids is 3. The second kappa shape index (κ2) is 10.0. The van der Waals surface area contributed by atoms with Crippen molar-refractivity contribution < 1.29 is 19.1 Å². The van der Waals surface area contributed by atoms with Gasteiger partial charge in [-0.2, -0.15) is 5.26 Å². The van der Waals surface area contributed by atoms with Crippen LogP contribution in [0.1, 0.15) is 61.4 Å². The van der Waals surface area contributed by atoms with Crippen LogP contribution in [0.3, 0.4) is 0 Å². The highest BCUT2D eigenvalue weighted by Crippen LogP contribution is 2.36. The van der Waals surface area contributed by atoms with Crippen molar-refractivity contribution in [2.24, 2.45) is 0 Å². The van der Waals surface area contributed by atoms with Crippen LogP contribution in [0.25, 0.3) is 0 Å². The number of nitriles is 1. The van der Waals surface area contributed by atoms with Crippen molar-refractivity contribution in [3.8, 4) is 6.07 Å². The fourth-order valence-corrected chi connectivity index (χ4v) is 5.25. The highest BCUT2D eigenvalue weighted by Gasteiger charge is 2.32. The van der Waals surface area contributed by atoms with Gasteiger partial charge in [-0.3, -0.25) is 9.59 Å². The quantitative estimate of drug-likeness (QED) is 0.704. The lowest BCUT2D eigenvalue weighted by Crippen LogP contribution is -2.48. The summed E-state index contributed by atoms with van der Waals surface area (Å²) in [7, 11) is 1.31. The summed E-state index contributed by atoms with van der Waals surface area (Å²) in [5.41, 5.74) is 1.60. The molecule has 0 bridgehead atoms. The van der Waals surface area contributed by atoms with Gasteiger partial charge in [-0.25, -0.2) is 4.79 Å². The van der Waals surface area contributed by atoms with Crippen molar-refractivity contribution in [1.29, 1.82) is 5.26 Å². The van der Waals surface area contributed by atoms with Gasteiger partial charge in [0.2, 0.25) is 11.8 Å². The molecule has 1 fully saturated rings. The number of hydrogen-bond acceptors (Lipinski definition) is 6. The zero-order chi connectivity index (χ0) is 22.5. The number of esters is 1. The van der Waals surface area contributed by atoms with Crippen LogP contribution in [-0.4, -0.2) is 47.6 Å². The maximum Gasteiger partial charge on any atom is 0.337 e. The van der Waals surface area contributed by atoms with Gasteiger partial charge in [0.05, 0.1) is 35.1 Å². The summed E-state index contributed by atoms with van der Waals surface area (Å²) in [6.45, 7) is 4.13. The number of allylic oxidation sites excluding steroid dienone is 1. The molecular weight excluding hydrogens is 414 g/mol. The Balaban J connectivity index is 1.79. The molecule has 3 atom stereocenters. The number of hydrogen-bond donors (Lipinski definition) is 1. The second-order valence-electron chi connectivity index (χ2n) is 7.99. The topological polar surface area (TPSA) is 99.5 Å². The Bertz CT molecular complexity index is 925. The Hall–Kier alpha value is -2.79. The number of thioether (sulfide) groups is 1. The minimum atomic E-state index is -0.445. The molecule has 0 saturated carbocycles. The van der Waals surface area contributed by atoms with Crippen LogP contribution in [0.5, 0.6) is 0 Å². The first-order chi connectivity index (χ1) is 14.8. The predicted molar refractivity (Wildman–Crippen MR) is 118 cm³/mol. The first-order valence-electron chi connectivity index (χ1n) is 10.4. The normalized spacial score (nSPS) is 23.7. The Labute approximate surface area is 186 Å². The highest BCUT2D eigenvalue weighted by atomic mass is 32.2. The van der Waals surface area contributed by atoms with E-state index in [4.69, 9.17) is 4.74 Å². The molecule has 2 amide bonds. The van der Waals surface area contributed by atoms with E-state index >= 15 is 0 Å². The van der Waals surface area contributed by atoms with Gasteiger partial charge in [0.1, 0.15) is 0 Å². The van der Waals surface area contributed by atoms with E-state index in [1.54, 1.807) is 24.3 Å². The van der Waals surface area contributed by atoms with E-state index in [-0.39, 0.29) is 36.1 Å². The number of amides is 2. The summed E-state index contributed by atoms with van der Waals surface area (Å²) < 4.78 is 4.71. The molecule has 0 aromatic heterocycles. The number of methoxy groups -OCH3 is 1. The molecule has 2 aliphatic heterocycles. The van der Waals surface area contributed by atoms with Crippen LogP contribution >= 0.6 is 11.8 Å². The number of nitrogens with zero attached hydrogens (tertiary/aromatic N) is 2. The highest BCUT2D eigenvalue weighted by molar-refractivity contribution is 8.03. The van der Waals surface area contributed by atoms with Crippen LogP contribution in [0, 0.1) is 11.3 Å². The van der Waals surface area contributed by atoms with Gasteiger partial charge in [-0.15, -0.1) is 0 Å². The Morgan fingerprint density at radius 1 is 1.23 bits per heavy atom. The maximum absolute atomic E-state index is 12.9. The third kappa shape index (κ3) is 5.10. The van der Waals surface area contributed by atoms with E-state index < -0.39 is 11.9 Å². The number of likely N-dealkylation sites (tertiary alicyclic amines) is 1. The van der Waals surface area contributed by atoms with E-state index in [1.165, 1.54) is 18.9 Å². The number of piperidine rings is 1. The smallest absolute Gasteiger partial charge is 0.337 e. The molecule has 2 heterocycles.